The van der Waals surface area contributed by atoms with Crippen LogP contribution in [0.15, 0.2) is 0 Å². The molecule has 12 heavy (non-hydrogen) atoms. The molecule has 0 heterocycles. The second-order valence-electron chi connectivity index (χ2n) is 2.28. The minimum atomic E-state index is -0.970. The highest BCUT2D eigenvalue weighted by atomic mass is 32.2. The second kappa shape index (κ2) is 6.95. The lowest BCUT2D eigenvalue weighted by molar-refractivity contribution is -0.137. The van der Waals surface area contributed by atoms with Crippen LogP contribution in [0, 0.1) is 11.3 Å². The van der Waals surface area contributed by atoms with E-state index in [1.807, 2.05) is 6.07 Å². The average molecular weight is 188 g/mol. The average Bonchev–Trinajstić information content (AvgIpc) is 2.03. The summed E-state index contributed by atoms with van der Waals surface area (Å²) in [7, 11) is 0. The van der Waals surface area contributed by atoms with Gasteiger partial charge in [-0.15, -0.1) is 0 Å². The van der Waals surface area contributed by atoms with E-state index in [0.29, 0.717) is 12.2 Å². The van der Waals surface area contributed by atoms with Gasteiger partial charge in [-0.25, -0.2) is 0 Å². The first-order valence-electron chi connectivity index (χ1n) is 3.61. The fourth-order valence-electron chi connectivity index (χ4n) is 0.535. The largest absolute Gasteiger partial charge is 0.480 e. The maximum atomic E-state index is 10.2. The highest BCUT2D eigenvalue weighted by molar-refractivity contribution is 7.99. The zero-order valence-electron chi connectivity index (χ0n) is 6.69. The molecule has 0 radical (unpaired) electrons. The number of unbranched alkanes of at least 4 members (excludes halogenated alkanes) is 1. The summed E-state index contributed by atoms with van der Waals surface area (Å²) in [6.45, 7) is 0. The van der Waals surface area contributed by atoms with Crippen molar-refractivity contribution in [3.05, 3.63) is 0 Å². The van der Waals surface area contributed by atoms with E-state index in [2.05, 4.69) is 0 Å². The molecule has 0 saturated heterocycles. The molecule has 68 valence electrons. The maximum Gasteiger partial charge on any atom is 0.321 e. The molecule has 0 aliphatic carbocycles. The minimum Gasteiger partial charge on any atom is -0.480 e. The van der Waals surface area contributed by atoms with Crippen LogP contribution in [0.5, 0.6) is 0 Å². The van der Waals surface area contributed by atoms with Crippen LogP contribution >= 0.6 is 11.8 Å². The molecule has 0 saturated carbocycles. The summed E-state index contributed by atoms with van der Waals surface area (Å²) in [5, 5.41) is 16.6. The van der Waals surface area contributed by atoms with E-state index in [0.717, 1.165) is 12.2 Å². The van der Waals surface area contributed by atoms with Crippen LogP contribution in [0.1, 0.15) is 12.8 Å². The maximum absolute atomic E-state index is 10.2. The Bertz CT molecular complexity index is 179. The van der Waals surface area contributed by atoms with Gasteiger partial charge in [-0.05, 0) is 12.2 Å². The van der Waals surface area contributed by atoms with Crippen molar-refractivity contribution in [1.29, 1.82) is 5.26 Å². The van der Waals surface area contributed by atoms with Crippen molar-refractivity contribution in [2.75, 3.05) is 11.5 Å². The van der Waals surface area contributed by atoms with Gasteiger partial charge in [0, 0.05) is 12.2 Å². The minimum absolute atomic E-state index is 0.417. The van der Waals surface area contributed by atoms with E-state index < -0.39 is 12.0 Å². The summed E-state index contributed by atoms with van der Waals surface area (Å²) in [5.74, 6) is 0.248. The number of carboxylic acid groups (broad SMARTS) is 1. The van der Waals surface area contributed by atoms with Gasteiger partial charge in [0.1, 0.15) is 6.04 Å². The van der Waals surface area contributed by atoms with Crippen molar-refractivity contribution in [3.63, 3.8) is 0 Å². The molecule has 0 amide bonds. The predicted octanol–water partition coefficient (Wildman–Crippen LogP) is 0.435. The smallest absolute Gasteiger partial charge is 0.321 e. The van der Waals surface area contributed by atoms with Crippen LogP contribution in [0.3, 0.4) is 0 Å². The Morgan fingerprint density at radius 2 is 2.42 bits per heavy atom. The number of aliphatic carboxylic acids is 1. The molecule has 1 atom stereocenters. The molecule has 0 unspecified atom stereocenters. The van der Waals surface area contributed by atoms with Crippen LogP contribution in [-0.2, 0) is 4.79 Å². The van der Waals surface area contributed by atoms with Crippen molar-refractivity contribution < 1.29 is 9.90 Å². The molecular formula is C7H12N2O2S. The number of thioether (sulfide) groups is 1. The number of carbonyl (C=O) groups is 1. The molecule has 3 N–H and O–H groups in total. The third kappa shape index (κ3) is 6.01. The molecular weight excluding hydrogens is 176 g/mol. The zero-order valence-corrected chi connectivity index (χ0v) is 7.51. The number of nitrogens with two attached hydrogens (primary N) is 1. The predicted molar refractivity (Wildman–Crippen MR) is 47.8 cm³/mol. The molecule has 5 heteroatoms. The number of hydrogen-bond acceptors (Lipinski definition) is 4. The van der Waals surface area contributed by atoms with Crippen molar-refractivity contribution in [2.45, 2.75) is 18.9 Å². The Kier molecular flexibility index (Phi) is 6.53. The molecule has 0 fully saturated rings. The Hall–Kier alpha value is -0.730. The van der Waals surface area contributed by atoms with E-state index in [1.54, 1.807) is 0 Å². The van der Waals surface area contributed by atoms with Gasteiger partial charge in [0.2, 0.25) is 0 Å². The van der Waals surface area contributed by atoms with Crippen LogP contribution in [0.4, 0.5) is 0 Å². The van der Waals surface area contributed by atoms with Crippen LogP contribution < -0.4 is 5.73 Å². The van der Waals surface area contributed by atoms with Gasteiger partial charge in [-0.2, -0.15) is 17.0 Å². The van der Waals surface area contributed by atoms with E-state index in [9.17, 15) is 4.79 Å². The second-order valence-corrected chi connectivity index (χ2v) is 3.43. The van der Waals surface area contributed by atoms with E-state index in [-0.39, 0.29) is 0 Å². The Morgan fingerprint density at radius 3 is 2.92 bits per heavy atom. The molecule has 0 aromatic rings. The highest BCUT2D eigenvalue weighted by Crippen LogP contribution is 2.05. The Morgan fingerprint density at radius 1 is 1.75 bits per heavy atom. The fraction of sp³-hybridized carbons (Fsp3) is 0.714. The molecule has 0 aromatic heterocycles. The Labute approximate surface area is 75.7 Å². The SMILES string of the molecule is N#CCCCSC[C@@H](N)C(=O)O. The standard InChI is InChI=1S/C7H12N2O2S/c8-3-1-2-4-12-5-6(9)7(10)11/h6H,1-2,4-5,9H2,(H,10,11)/t6-/m1/s1. The lowest BCUT2D eigenvalue weighted by Gasteiger charge is -2.04. The van der Waals surface area contributed by atoms with Gasteiger partial charge in [-0.3, -0.25) is 4.79 Å². The van der Waals surface area contributed by atoms with Crippen molar-refractivity contribution >= 4 is 17.7 Å². The third-order valence-corrected chi connectivity index (χ3v) is 2.36. The molecule has 4 nitrogen and oxygen atoms in total. The number of nitriles is 1. The van der Waals surface area contributed by atoms with Crippen molar-refractivity contribution in [3.8, 4) is 6.07 Å². The van der Waals surface area contributed by atoms with E-state index in [1.165, 1.54) is 11.8 Å². The summed E-state index contributed by atoms with van der Waals surface area (Å²) < 4.78 is 0. The first-order valence-corrected chi connectivity index (χ1v) is 4.77. The van der Waals surface area contributed by atoms with Gasteiger partial charge in [-0.1, -0.05) is 0 Å². The monoisotopic (exact) mass is 188 g/mol. The molecule has 0 spiro atoms. The lowest BCUT2D eigenvalue weighted by atomic mass is 10.4. The van der Waals surface area contributed by atoms with Crippen LogP contribution in [0.25, 0.3) is 0 Å². The van der Waals surface area contributed by atoms with Crippen LogP contribution in [0.2, 0.25) is 0 Å². The van der Waals surface area contributed by atoms with E-state index >= 15 is 0 Å². The number of rotatable bonds is 6. The van der Waals surface area contributed by atoms with Crippen molar-refractivity contribution in [2.24, 2.45) is 5.73 Å². The third-order valence-electron chi connectivity index (χ3n) is 1.19. The summed E-state index contributed by atoms with van der Waals surface area (Å²) in [6.07, 6.45) is 1.32. The van der Waals surface area contributed by atoms with Gasteiger partial charge in [0.15, 0.2) is 0 Å². The van der Waals surface area contributed by atoms with Gasteiger partial charge in [0.05, 0.1) is 6.07 Å². The highest BCUT2D eigenvalue weighted by Gasteiger charge is 2.09. The topological polar surface area (TPSA) is 87.1 Å². The molecule has 0 rings (SSSR count). The van der Waals surface area contributed by atoms with Gasteiger partial charge in [0.25, 0.3) is 0 Å². The summed E-state index contributed by atoms with van der Waals surface area (Å²) in [4.78, 5) is 10.2. The van der Waals surface area contributed by atoms with E-state index in [4.69, 9.17) is 16.1 Å². The summed E-state index contributed by atoms with van der Waals surface area (Å²) >= 11 is 1.47. The van der Waals surface area contributed by atoms with Crippen LogP contribution in [-0.4, -0.2) is 28.6 Å². The molecule has 0 aromatic carbocycles. The first kappa shape index (κ1) is 11.3. The lowest BCUT2D eigenvalue weighted by Crippen LogP contribution is -2.32. The molecule has 0 aliphatic heterocycles. The quantitative estimate of drug-likeness (QED) is 0.590. The van der Waals surface area contributed by atoms with Gasteiger partial charge >= 0.3 is 5.97 Å². The summed E-state index contributed by atoms with van der Waals surface area (Å²) in [5.41, 5.74) is 5.25. The number of carboxylic acids is 1. The summed E-state index contributed by atoms with van der Waals surface area (Å²) in [6, 6.07) is 1.24. The van der Waals surface area contributed by atoms with Crippen molar-refractivity contribution in [1.82, 2.24) is 0 Å². The normalized spacial score (nSPS) is 12.0. The Balaban J connectivity index is 3.21. The van der Waals surface area contributed by atoms with Gasteiger partial charge < -0.3 is 10.8 Å². The zero-order chi connectivity index (χ0) is 9.40. The number of hydrogen-bond donors (Lipinski definition) is 2. The molecule has 0 bridgehead atoms. The first-order chi connectivity index (χ1) is 5.68. The number of nitrogens with zero attached hydrogens (tertiary/aromatic N) is 1. The fourth-order valence-corrected chi connectivity index (χ4v) is 1.45. The molecule has 0 aliphatic rings.